The Labute approximate surface area is 98.4 Å². The molecule has 0 atom stereocenters. The Morgan fingerprint density at radius 2 is 2.06 bits per heavy atom. The lowest BCUT2D eigenvalue weighted by molar-refractivity contribution is -0.145. The second-order valence-corrected chi connectivity index (χ2v) is 4.36. The molecular weight excluding hydrogens is 222 g/mol. The summed E-state index contributed by atoms with van der Waals surface area (Å²) < 4.78 is 0. The first-order chi connectivity index (χ1) is 8.14. The van der Waals surface area contributed by atoms with Gasteiger partial charge < -0.3 is 10.4 Å². The number of hydrogen-bond acceptors (Lipinski definition) is 3. The SMILES string of the molecule is O=C(NC1(C(=O)O)CCCCC1)c1cc[nH]n1. The van der Waals surface area contributed by atoms with Crippen molar-refractivity contribution in [1.82, 2.24) is 15.5 Å². The minimum Gasteiger partial charge on any atom is -0.480 e. The summed E-state index contributed by atoms with van der Waals surface area (Å²) in [5, 5.41) is 18.2. The topological polar surface area (TPSA) is 95.1 Å². The largest absolute Gasteiger partial charge is 0.480 e. The molecule has 1 aliphatic rings. The van der Waals surface area contributed by atoms with E-state index in [1.807, 2.05) is 0 Å². The Morgan fingerprint density at radius 1 is 1.35 bits per heavy atom. The van der Waals surface area contributed by atoms with E-state index in [1.165, 1.54) is 12.3 Å². The molecule has 1 amide bonds. The average Bonchev–Trinajstić information content (AvgIpc) is 2.83. The number of carboxylic acid groups (broad SMARTS) is 1. The van der Waals surface area contributed by atoms with Crippen LogP contribution in [-0.2, 0) is 4.79 Å². The predicted molar refractivity (Wildman–Crippen MR) is 59.5 cm³/mol. The Hall–Kier alpha value is -1.85. The van der Waals surface area contributed by atoms with Crippen molar-refractivity contribution in [2.24, 2.45) is 0 Å². The lowest BCUT2D eigenvalue weighted by Crippen LogP contribution is -2.55. The zero-order chi connectivity index (χ0) is 12.3. The van der Waals surface area contributed by atoms with Gasteiger partial charge in [0.15, 0.2) is 0 Å². The Balaban J connectivity index is 2.13. The van der Waals surface area contributed by atoms with Crippen molar-refractivity contribution < 1.29 is 14.7 Å². The summed E-state index contributed by atoms with van der Waals surface area (Å²) in [6.07, 6.45) is 5.17. The van der Waals surface area contributed by atoms with Crippen LogP contribution in [-0.4, -0.2) is 32.7 Å². The van der Waals surface area contributed by atoms with Gasteiger partial charge in [-0.3, -0.25) is 9.89 Å². The molecule has 0 spiro atoms. The van der Waals surface area contributed by atoms with Gasteiger partial charge in [0.05, 0.1) is 0 Å². The normalized spacial score (nSPS) is 18.6. The molecule has 0 radical (unpaired) electrons. The highest BCUT2D eigenvalue weighted by Gasteiger charge is 2.41. The molecule has 1 heterocycles. The van der Waals surface area contributed by atoms with Crippen LogP contribution in [0.5, 0.6) is 0 Å². The van der Waals surface area contributed by atoms with Crippen LogP contribution in [0, 0.1) is 0 Å². The lowest BCUT2D eigenvalue weighted by Gasteiger charge is -2.33. The minimum atomic E-state index is -1.12. The van der Waals surface area contributed by atoms with Gasteiger partial charge in [0.25, 0.3) is 5.91 Å². The predicted octanol–water partition coefficient (Wildman–Crippen LogP) is 0.927. The number of aromatic nitrogens is 2. The third-order valence-corrected chi connectivity index (χ3v) is 3.20. The summed E-state index contributed by atoms with van der Waals surface area (Å²) in [5.41, 5.74) is -0.898. The van der Waals surface area contributed by atoms with Crippen LogP contribution in [0.2, 0.25) is 0 Å². The molecule has 0 unspecified atom stereocenters. The summed E-state index contributed by atoms with van der Waals surface area (Å²) in [6, 6.07) is 1.52. The highest BCUT2D eigenvalue weighted by atomic mass is 16.4. The van der Waals surface area contributed by atoms with E-state index >= 15 is 0 Å². The molecule has 0 bridgehead atoms. The van der Waals surface area contributed by atoms with Gasteiger partial charge in [0.1, 0.15) is 11.2 Å². The molecule has 0 aliphatic heterocycles. The van der Waals surface area contributed by atoms with Crippen molar-refractivity contribution in [1.29, 1.82) is 0 Å². The number of hydrogen-bond donors (Lipinski definition) is 3. The molecule has 1 aromatic heterocycles. The monoisotopic (exact) mass is 237 g/mol. The lowest BCUT2D eigenvalue weighted by atomic mass is 9.81. The molecule has 17 heavy (non-hydrogen) atoms. The number of nitrogens with zero attached hydrogens (tertiary/aromatic N) is 1. The molecule has 3 N–H and O–H groups in total. The van der Waals surface area contributed by atoms with E-state index < -0.39 is 17.4 Å². The van der Waals surface area contributed by atoms with E-state index in [0.29, 0.717) is 12.8 Å². The van der Waals surface area contributed by atoms with Gasteiger partial charge >= 0.3 is 5.97 Å². The maximum atomic E-state index is 11.8. The molecular formula is C11H15N3O3. The van der Waals surface area contributed by atoms with Crippen molar-refractivity contribution in [3.8, 4) is 0 Å². The number of aliphatic carboxylic acids is 1. The van der Waals surface area contributed by atoms with Gasteiger partial charge in [-0.05, 0) is 18.9 Å². The van der Waals surface area contributed by atoms with Crippen LogP contribution in [0.25, 0.3) is 0 Å². The van der Waals surface area contributed by atoms with Gasteiger partial charge in [-0.2, -0.15) is 5.10 Å². The average molecular weight is 237 g/mol. The molecule has 0 aromatic carbocycles. The zero-order valence-electron chi connectivity index (χ0n) is 9.40. The van der Waals surface area contributed by atoms with Crippen molar-refractivity contribution in [2.75, 3.05) is 0 Å². The molecule has 92 valence electrons. The number of carbonyl (C=O) groups is 2. The molecule has 6 nitrogen and oxygen atoms in total. The van der Waals surface area contributed by atoms with Crippen LogP contribution in [0.1, 0.15) is 42.6 Å². The van der Waals surface area contributed by atoms with Gasteiger partial charge in [0, 0.05) is 6.20 Å². The third kappa shape index (κ3) is 2.30. The summed E-state index contributed by atoms with van der Waals surface area (Å²) in [7, 11) is 0. The molecule has 2 rings (SSSR count). The Kier molecular flexibility index (Phi) is 3.12. The second kappa shape index (κ2) is 4.57. The van der Waals surface area contributed by atoms with E-state index in [0.717, 1.165) is 19.3 Å². The van der Waals surface area contributed by atoms with Crippen LogP contribution in [0.3, 0.4) is 0 Å². The molecule has 0 saturated heterocycles. The van der Waals surface area contributed by atoms with Crippen LogP contribution in [0.4, 0.5) is 0 Å². The highest BCUT2D eigenvalue weighted by molar-refractivity contribution is 5.96. The Bertz CT molecular complexity index is 408. The standard InChI is InChI=1S/C11H15N3O3/c15-9(8-4-7-12-14-8)13-11(10(16)17)5-2-1-3-6-11/h4,7H,1-3,5-6H2,(H,12,14)(H,13,15)(H,16,17). The fourth-order valence-corrected chi connectivity index (χ4v) is 2.22. The van der Waals surface area contributed by atoms with Crippen molar-refractivity contribution >= 4 is 11.9 Å². The van der Waals surface area contributed by atoms with Gasteiger partial charge in [-0.15, -0.1) is 0 Å². The van der Waals surface area contributed by atoms with Crippen molar-refractivity contribution in [3.05, 3.63) is 18.0 Å². The first kappa shape index (κ1) is 11.6. The number of carbonyl (C=O) groups excluding carboxylic acids is 1. The van der Waals surface area contributed by atoms with Crippen LogP contribution < -0.4 is 5.32 Å². The van der Waals surface area contributed by atoms with Crippen LogP contribution >= 0.6 is 0 Å². The van der Waals surface area contributed by atoms with Gasteiger partial charge in [-0.25, -0.2) is 4.79 Å². The van der Waals surface area contributed by atoms with Gasteiger partial charge in [0.2, 0.25) is 0 Å². The Morgan fingerprint density at radius 3 is 2.59 bits per heavy atom. The van der Waals surface area contributed by atoms with E-state index in [2.05, 4.69) is 15.5 Å². The van der Waals surface area contributed by atoms with E-state index in [-0.39, 0.29) is 5.69 Å². The maximum absolute atomic E-state index is 11.8. The maximum Gasteiger partial charge on any atom is 0.329 e. The van der Waals surface area contributed by atoms with Gasteiger partial charge in [-0.1, -0.05) is 19.3 Å². The smallest absolute Gasteiger partial charge is 0.329 e. The number of amides is 1. The number of aromatic amines is 1. The molecule has 1 fully saturated rings. The number of nitrogens with one attached hydrogen (secondary N) is 2. The second-order valence-electron chi connectivity index (χ2n) is 4.36. The van der Waals surface area contributed by atoms with E-state index in [9.17, 15) is 14.7 Å². The number of H-pyrrole nitrogens is 1. The summed E-state index contributed by atoms with van der Waals surface area (Å²) >= 11 is 0. The molecule has 1 aromatic rings. The number of rotatable bonds is 3. The first-order valence-corrected chi connectivity index (χ1v) is 5.70. The first-order valence-electron chi connectivity index (χ1n) is 5.70. The minimum absolute atomic E-state index is 0.219. The number of carboxylic acids is 1. The molecule has 1 saturated carbocycles. The van der Waals surface area contributed by atoms with Crippen molar-refractivity contribution in [2.45, 2.75) is 37.6 Å². The summed E-state index contributed by atoms with van der Waals surface area (Å²) in [6.45, 7) is 0. The molecule has 1 aliphatic carbocycles. The highest BCUT2D eigenvalue weighted by Crippen LogP contribution is 2.28. The summed E-state index contributed by atoms with van der Waals surface area (Å²) in [4.78, 5) is 23.2. The fraction of sp³-hybridized carbons (Fsp3) is 0.545. The van der Waals surface area contributed by atoms with Crippen LogP contribution in [0.15, 0.2) is 12.3 Å². The third-order valence-electron chi connectivity index (χ3n) is 3.20. The molecule has 6 heteroatoms. The quantitative estimate of drug-likeness (QED) is 0.728. The van der Waals surface area contributed by atoms with E-state index in [1.54, 1.807) is 0 Å². The van der Waals surface area contributed by atoms with Crippen molar-refractivity contribution in [3.63, 3.8) is 0 Å². The fourth-order valence-electron chi connectivity index (χ4n) is 2.22. The summed E-state index contributed by atoms with van der Waals surface area (Å²) in [5.74, 6) is -1.39. The van der Waals surface area contributed by atoms with E-state index in [4.69, 9.17) is 0 Å². The zero-order valence-corrected chi connectivity index (χ0v) is 9.40.